The van der Waals surface area contributed by atoms with Gasteiger partial charge in [0, 0.05) is 48.4 Å². The van der Waals surface area contributed by atoms with Crippen molar-refractivity contribution < 1.29 is 58.8 Å². The van der Waals surface area contributed by atoms with Crippen molar-refractivity contribution in [2.24, 2.45) is 11.8 Å². The van der Waals surface area contributed by atoms with E-state index in [0.29, 0.717) is 69.3 Å². The van der Waals surface area contributed by atoms with Crippen molar-refractivity contribution in [2.75, 3.05) is 13.2 Å². The molecule has 4 heterocycles. The smallest absolute Gasteiger partial charge is 0.544 e. The standard InChI is InChI=1S/2C16H17N5O3S.I2.HI.Na/c2*1-9(2)7-24-13-5-4-11(6-12(13)21-8-17-19-20-21)15-18-10(3)14(25-15)16(22)23;1-2;;/h2*4-6,8-9H,7H2,1-3H3,(H,22,23);;1H;/q;;;;+1/p-1. The van der Waals surface area contributed by atoms with E-state index in [0.717, 1.165) is 33.8 Å². The maximum absolute atomic E-state index is 11.2. The number of carbonyl (C=O) groups is 2. The molecule has 0 fully saturated rings. The Morgan fingerprint density at radius 2 is 1.19 bits per heavy atom. The monoisotopic (exact) mass is 1120 g/mol. The van der Waals surface area contributed by atoms with E-state index in [2.05, 4.69) is 106 Å². The van der Waals surface area contributed by atoms with Crippen LogP contribution in [0.5, 0.6) is 11.5 Å². The summed E-state index contributed by atoms with van der Waals surface area (Å²) in [5.74, 6) is -0.165. The molecular weight excluding hydrogens is 1090 g/mol. The Balaban J connectivity index is 0.000000345. The largest absolute Gasteiger partial charge is 1.00 e. The van der Waals surface area contributed by atoms with E-state index >= 15 is 0 Å². The summed E-state index contributed by atoms with van der Waals surface area (Å²) in [5, 5.41) is 44.0. The third kappa shape index (κ3) is 12.8. The van der Waals surface area contributed by atoms with Gasteiger partial charge in [-0.1, -0.05) is 27.7 Å². The Morgan fingerprint density at radius 3 is 1.50 bits per heavy atom. The van der Waals surface area contributed by atoms with E-state index in [4.69, 9.17) is 9.47 Å². The van der Waals surface area contributed by atoms with Crippen LogP contribution in [0.3, 0.4) is 0 Å². The number of carboxylic acid groups (broad SMARTS) is 2. The maximum atomic E-state index is 11.2. The second-order valence-corrected chi connectivity index (χ2v) is 13.7. The number of aromatic nitrogens is 10. The number of carbonyl (C=O) groups excluding carboxylic acids is 1. The van der Waals surface area contributed by atoms with Crippen molar-refractivity contribution >= 4 is 95.8 Å². The number of thiazole rings is 2. The van der Waals surface area contributed by atoms with E-state index in [1.807, 2.05) is 36.4 Å². The zero-order valence-corrected chi connectivity index (χ0v) is 40.4. The van der Waals surface area contributed by atoms with Gasteiger partial charge in [-0.25, -0.2) is 14.8 Å². The normalized spacial score (nSPS) is 10.3. The van der Waals surface area contributed by atoms with Crippen molar-refractivity contribution in [3.05, 3.63) is 70.2 Å². The number of ether oxygens (including phenoxy) is 2. The minimum Gasteiger partial charge on any atom is -0.544 e. The summed E-state index contributed by atoms with van der Waals surface area (Å²) in [4.78, 5) is 31.4. The van der Waals surface area contributed by atoms with Gasteiger partial charge in [-0.05, 0) is 82.9 Å². The van der Waals surface area contributed by atoms with Crippen LogP contribution in [0.1, 0.15) is 58.4 Å². The van der Waals surface area contributed by atoms with Crippen LogP contribution in [0.2, 0.25) is 0 Å². The van der Waals surface area contributed by atoms with Crippen molar-refractivity contribution in [1.29, 1.82) is 0 Å². The van der Waals surface area contributed by atoms with Gasteiger partial charge in [0.15, 0.2) is 0 Å². The summed E-state index contributed by atoms with van der Waals surface area (Å²) in [6.07, 6.45) is 2.96. The molecule has 16 nitrogen and oxygen atoms in total. The quantitative estimate of drug-likeness (QED) is 0.137. The number of tetrazole rings is 2. The molecule has 0 spiro atoms. The number of carboxylic acids is 2. The molecule has 0 saturated heterocycles. The van der Waals surface area contributed by atoms with Crippen LogP contribution < -0.4 is 44.1 Å². The van der Waals surface area contributed by atoms with E-state index < -0.39 is 11.9 Å². The van der Waals surface area contributed by atoms with Gasteiger partial charge in [0.05, 0.1) is 35.4 Å². The van der Waals surface area contributed by atoms with E-state index in [-0.39, 0.29) is 63.3 Å². The molecule has 0 bridgehead atoms. The van der Waals surface area contributed by atoms with Gasteiger partial charge in [0.25, 0.3) is 0 Å². The van der Waals surface area contributed by atoms with E-state index in [9.17, 15) is 19.8 Å². The SMILES string of the molecule is Cc1nc(-c2ccc(OCC(C)C)c(-n3cnnn3)c2)sc1C(=O)O.Cc1nc(-c2ccc(OCC(C)C)c(-n3cnnn3)c2)sc1C(=O)[O-].I.II.[Na+]. The molecule has 0 aliphatic rings. The molecule has 0 radical (unpaired) electrons. The second-order valence-electron chi connectivity index (χ2n) is 11.7. The number of benzene rings is 2. The van der Waals surface area contributed by atoms with Gasteiger partial charge in [0.2, 0.25) is 0 Å². The first-order valence-corrected chi connectivity index (χ1v) is 23.4. The Morgan fingerprint density at radius 1 is 0.778 bits per heavy atom. The van der Waals surface area contributed by atoms with Gasteiger partial charge >= 0.3 is 35.5 Å². The first kappa shape index (κ1) is 47.7. The molecule has 2 aromatic carbocycles. The van der Waals surface area contributed by atoms with Crippen LogP contribution in [0, 0.1) is 25.7 Å². The molecule has 0 atom stereocenters. The third-order valence-corrected chi connectivity index (χ3v) is 9.10. The van der Waals surface area contributed by atoms with Crippen molar-refractivity contribution in [3.8, 4) is 44.0 Å². The molecule has 1 N–H and O–H groups in total. The summed E-state index contributed by atoms with van der Waals surface area (Å²) < 4.78 is 14.7. The predicted molar refractivity (Wildman–Crippen MR) is 225 cm³/mol. The minimum absolute atomic E-state index is 0. The average molecular weight is 1120 g/mol. The predicted octanol–water partition coefficient (Wildman–Crippen LogP) is 3.71. The van der Waals surface area contributed by atoms with Crippen LogP contribution in [0.25, 0.3) is 32.5 Å². The number of halogens is 3. The van der Waals surface area contributed by atoms with E-state index in [1.54, 1.807) is 13.8 Å². The first-order valence-electron chi connectivity index (χ1n) is 15.5. The summed E-state index contributed by atoms with van der Waals surface area (Å²) in [6.45, 7) is 12.7. The molecule has 0 amide bonds. The van der Waals surface area contributed by atoms with Gasteiger partial charge in [-0.2, -0.15) is 9.36 Å². The summed E-state index contributed by atoms with van der Waals surface area (Å²) >= 11 is 6.45. The molecule has 0 unspecified atom stereocenters. The molecule has 0 aliphatic carbocycles. The Hall–Kier alpha value is -2.43. The Kier molecular flexibility index (Phi) is 20.3. The molecule has 4 aromatic heterocycles. The molecule has 0 saturated carbocycles. The fourth-order valence-electron chi connectivity index (χ4n) is 4.39. The Labute approximate surface area is 381 Å². The van der Waals surface area contributed by atoms with Crippen molar-refractivity contribution in [3.63, 3.8) is 0 Å². The number of hydrogen-bond acceptors (Lipinski definition) is 15. The number of nitrogens with zero attached hydrogens (tertiary/aromatic N) is 10. The molecule has 0 aliphatic heterocycles. The molecule has 282 valence electrons. The van der Waals surface area contributed by atoms with Crippen molar-refractivity contribution in [2.45, 2.75) is 41.5 Å². The molecule has 22 heteroatoms. The summed E-state index contributed by atoms with van der Waals surface area (Å²) in [7, 11) is 0. The topological polar surface area (TPSA) is 209 Å². The van der Waals surface area contributed by atoms with Gasteiger partial charge < -0.3 is 24.5 Å². The third-order valence-electron chi connectivity index (χ3n) is 6.72. The van der Waals surface area contributed by atoms with Crippen molar-refractivity contribution in [1.82, 2.24) is 50.4 Å². The average Bonchev–Trinajstić information content (AvgIpc) is 3.95. The fourth-order valence-corrected chi connectivity index (χ4v) is 6.19. The van der Waals surface area contributed by atoms with Crippen LogP contribution in [-0.2, 0) is 0 Å². The molecule has 6 rings (SSSR count). The van der Waals surface area contributed by atoms with Crippen LogP contribution in [-0.4, -0.2) is 80.6 Å². The van der Waals surface area contributed by atoms with Crippen LogP contribution >= 0.6 is 83.9 Å². The molecule has 6 aromatic rings. The number of hydrogen-bond donors (Lipinski definition) is 1. The summed E-state index contributed by atoms with van der Waals surface area (Å²) in [5.41, 5.74) is 3.80. The van der Waals surface area contributed by atoms with Crippen LogP contribution in [0.4, 0.5) is 0 Å². The zero-order chi connectivity index (χ0) is 37.9. The second kappa shape index (κ2) is 23.0. The van der Waals surface area contributed by atoms with Gasteiger partial charge in [0.1, 0.15) is 50.4 Å². The number of aryl methyl sites for hydroxylation is 2. The Bertz CT molecular complexity index is 1950. The number of rotatable bonds is 12. The summed E-state index contributed by atoms with van der Waals surface area (Å²) in [6, 6.07) is 11.0. The number of aromatic carboxylic acids is 2. The van der Waals surface area contributed by atoms with E-state index in [1.165, 1.54) is 22.0 Å². The zero-order valence-electron chi connectivity index (χ0n) is 30.1. The minimum atomic E-state index is -1.22. The fraction of sp³-hybridized carbons (Fsp3) is 0.312. The van der Waals surface area contributed by atoms with Crippen LogP contribution in [0.15, 0.2) is 49.1 Å². The molecular formula is C32H34I3N10NaO6S2. The van der Waals surface area contributed by atoms with Gasteiger partial charge in [-0.3, -0.25) is 0 Å². The first-order chi connectivity index (χ1) is 24.9. The molecule has 54 heavy (non-hydrogen) atoms. The van der Waals surface area contributed by atoms with Gasteiger partial charge in [-0.15, -0.1) is 56.8 Å². The maximum Gasteiger partial charge on any atom is 1.00 e.